The molecule has 0 amide bonds. The van der Waals surface area contributed by atoms with Crippen LogP contribution in [0, 0.1) is 11.3 Å². The lowest BCUT2D eigenvalue weighted by molar-refractivity contribution is 0.166. The standard InChI is InChI=1S/C18H26Cl2/c1-2-3-4-15-9-11-18(14-19,12-10-15)13-16-5-7-17(20)8-6-16/h5-8,15H,2-4,9-14H2,1H3. The summed E-state index contributed by atoms with van der Waals surface area (Å²) in [5.74, 6) is 1.73. The third-order valence-corrected chi connectivity index (χ3v) is 5.73. The van der Waals surface area contributed by atoms with Crippen LogP contribution < -0.4 is 0 Å². The van der Waals surface area contributed by atoms with Crippen molar-refractivity contribution in [1.29, 1.82) is 0 Å². The topological polar surface area (TPSA) is 0 Å². The molecule has 1 aliphatic rings. The van der Waals surface area contributed by atoms with Gasteiger partial charge in [0.1, 0.15) is 0 Å². The van der Waals surface area contributed by atoms with Gasteiger partial charge in [-0.3, -0.25) is 0 Å². The van der Waals surface area contributed by atoms with Gasteiger partial charge in [0.05, 0.1) is 0 Å². The minimum absolute atomic E-state index is 0.318. The van der Waals surface area contributed by atoms with E-state index >= 15 is 0 Å². The van der Waals surface area contributed by atoms with Gasteiger partial charge in [-0.25, -0.2) is 0 Å². The molecule has 0 atom stereocenters. The molecular formula is C18H26Cl2. The van der Waals surface area contributed by atoms with Crippen molar-refractivity contribution in [2.75, 3.05) is 5.88 Å². The Labute approximate surface area is 133 Å². The molecule has 0 saturated heterocycles. The Balaban J connectivity index is 1.92. The molecule has 1 aromatic rings. The largest absolute Gasteiger partial charge is 0.126 e. The molecule has 2 heteroatoms. The Bertz CT molecular complexity index is 388. The molecule has 0 unspecified atom stereocenters. The van der Waals surface area contributed by atoms with E-state index < -0.39 is 0 Å². The van der Waals surface area contributed by atoms with Gasteiger partial charge in [0.25, 0.3) is 0 Å². The Morgan fingerprint density at radius 2 is 1.80 bits per heavy atom. The number of halogens is 2. The van der Waals surface area contributed by atoms with Crippen LogP contribution in [0.2, 0.25) is 5.02 Å². The molecule has 1 saturated carbocycles. The maximum absolute atomic E-state index is 6.34. The van der Waals surface area contributed by atoms with E-state index in [0.29, 0.717) is 5.41 Å². The highest BCUT2D eigenvalue weighted by Crippen LogP contribution is 2.43. The molecule has 0 N–H and O–H groups in total. The smallest absolute Gasteiger partial charge is 0.0406 e. The van der Waals surface area contributed by atoms with Gasteiger partial charge in [-0.15, -0.1) is 11.6 Å². The Kier molecular flexibility index (Phi) is 6.23. The Morgan fingerprint density at radius 3 is 2.35 bits per heavy atom. The summed E-state index contributed by atoms with van der Waals surface area (Å²) in [5, 5.41) is 0.817. The van der Waals surface area contributed by atoms with Crippen molar-refractivity contribution in [3.8, 4) is 0 Å². The predicted octanol–water partition coefficient (Wildman–Crippen LogP) is 6.49. The molecule has 0 bridgehead atoms. The number of alkyl halides is 1. The van der Waals surface area contributed by atoms with Crippen molar-refractivity contribution < 1.29 is 0 Å². The maximum Gasteiger partial charge on any atom is 0.0406 e. The van der Waals surface area contributed by atoms with Crippen LogP contribution in [0.5, 0.6) is 0 Å². The average molecular weight is 313 g/mol. The van der Waals surface area contributed by atoms with Crippen molar-refractivity contribution in [2.45, 2.75) is 58.3 Å². The fourth-order valence-electron chi connectivity index (χ4n) is 3.46. The first-order chi connectivity index (χ1) is 9.67. The molecule has 20 heavy (non-hydrogen) atoms. The second-order valence-electron chi connectivity index (χ2n) is 6.52. The van der Waals surface area contributed by atoms with Gasteiger partial charge in [-0.2, -0.15) is 0 Å². The predicted molar refractivity (Wildman–Crippen MR) is 89.8 cm³/mol. The van der Waals surface area contributed by atoms with E-state index in [-0.39, 0.29) is 0 Å². The molecular weight excluding hydrogens is 287 g/mol. The fraction of sp³-hybridized carbons (Fsp3) is 0.667. The first-order valence-electron chi connectivity index (χ1n) is 7.98. The summed E-state index contributed by atoms with van der Waals surface area (Å²) >= 11 is 12.3. The van der Waals surface area contributed by atoms with Crippen molar-refractivity contribution in [1.82, 2.24) is 0 Å². The first-order valence-corrected chi connectivity index (χ1v) is 8.89. The summed E-state index contributed by atoms with van der Waals surface area (Å²) in [5.41, 5.74) is 1.69. The summed E-state index contributed by atoms with van der Waals surface area (Å²) in [6.45, 7) is 2.28. The lowest BCUT2D eigenvalue weighted by Crippen LogP contribution is -2.31. The zero-order valence-corrected chi connectivity index (χ0v) is 14.0. The first kappa shape index (κ1) is 16.2. The molecule has 0 aromatic heterocycles. The van der Waals surface area contributed by atoms with Gasteiger partial charge < -0.3 is 0 Å². The highest BCUT2D eigenvalue weighted by atomic mass is 35.5. The quantitative estimate of drug-likeness (QED) is 0.527. The van der Waals surface area contributed by atoms with Crippen molar-refractivity contribution >= 4 is 23.2 Å². The second kappa shape index (κ2) is 7.71. The van der Waals surface area contributed by atoms with Crippen molar-refractivity contribution in [3.63, 3.8) is 0 Å². The molecule has 112 valence electrons. The van der Waals surface area contributed by atoms with Crippen LogP contribution in [0.15, 0.2) is 24.3 Å². The van der Waals surface area contributed by atoms with E-state index in [4.69, 9.17) is 23.2 Å². The molecule has 1 fully saturated rings. The van der Waals surface area contributed by atoms with E-state index in [1.54, 1.807) is 0 Å². The highest BCUT2D eigenvalue weighted by molar-refractivity contribution is 6.30. The van der Waals surface area contributed by atoms with E-state index in [1.165, 1.54) is 50.5 Å². The average Bonchev–Trinajstić information content (AvgIpc) is 2.49. The Hall–Kier alpha value is -0.200. The number of unbranched alkanes of at least 4 members (excludes halogenated alkanes) is 1. The van der Waals surface area contributed by atoms with E-state index in [1.807, 2.05) is 12.1 Å². The lowest BCUT2D eigenvalue weighted by atomic mass is 9.68. The van der Waals surface area contributed by atoms with Crippen LogP contribution in [-0.4, -0.2) is 5.88 Å². The van der Waals surface area contributed by atoms with Crippen molar-refractivity contribution in [2.24, 2.45) is 11.3 Å². The SMILES string of the molecule is CCCCC1CCC(CCl)(Cc2ccc(Cl)cc2)CC1. The van der Waals surface area contributed by atoms with Crippen LogP contribution in [0.1, 0.15) is 57.4 Å². The third-order valence-electron chi connectivity index (χ3n) is 4.91. The molecule has 2 rings (SSSR count). The highest BCUT2D eigenvalue weighted by Gasteiger charge is 2.34. The second-order valence-corrected chi connectivity index (χ2v) is 7.23. The van der Waals surface area contributed by atoms with Gasteiger partial charge in [-0.05, 0) is 61.1 Å². The van der Waals surface area contributed by atoms with Gasteiger partial charge >= 0.3 is 0 Å². The molecule has 1 aromatic carbocycles. The summed E-state index contributed by atoms with van der Waals surface area (Å²) in [6.07, 6.45) is 10.5. The zero-order chi connectivity index (χ0) is 14.4. The maximum atomic E-state index is 6.34. The van der Waals surface area contributed by atoms with Crippen LogP contribution >= 0.6 is 23.2 Å². The summed E-state index contributed by atoms with van der Waals surface area (Å²) in [6, 6.07) is 8.29. The van der Waals surface area contributed by atoms with Gasteiger partial charge in [0, 0.05) is 10.9 Å². The molecule has 0 aliphatic heterocycles. The molecule has 1 aliphatic carbocycles. The zero-order valence-electron chi connectivity index (χ0n) is 12.5. The number of hydrogen-bond donors (Lipinski definition) is 0. The minimum Gasteiger partial charge on any atom is -0.126 e. The van der Waals surface area contributed by atoms with Gasteiger partial charge in [0.15, 0.2) is 0 Å². The fourth-order valence-corrected chi connectivity index (χ4v) is 3.95. The molecule has 0 heterocycles. The van der Waals surface area contributed by atoms with E-state index in [2.05, 4.69) is 19.1 Å². The van der Waals surface area contributed by atoms with Gasteiger partial charge in [-0.1, -0.05) is 49.9 Å². The van der Waals surface area contributed by atoms with Crippen LogP contribution in [0.25, 0.3) is 0 Å². The summed E-state index contributed by atoms with van der Waals surface area (Å²) in [4.78, 5) is 0. The monoisotopic (exact) mass is 312 g/mol. The number of benzene rings is 1. The Morgan fingerprint density at radius 1 is 1.15 bits per heavy atom. The lowest BCUT2D eigenvalue weighted by Gasteiger charge is -2.39. The minimum atomic E-state index is 0.318. The van der Waals surface area contributed by atoms with E-state index in [9.17, 15) is 0 Å². The molecule has 0 spiro atoms. The van der Waals surface area contributed by atoms with Crippen molar-refractivity contribution in [3.05, 3.63) is 34.9 Å². The van der Waals surface area contributed by atoms with Gasteiger partial charge in [0.2, 0.25) is 0 Å². The normalized spacial score (nSPS) is 26.6. The third kappa shape index (κ3) is 4.40. The summed E-state index contributed by atoms with van der Waals surface area (Å²) < 4.78 is 0. The molecule has 0 nitrogen and oxygen atoms in total. The summed E-state index contributed by atoms with van der Waals surface area (Å²) in [7, 11) is 0. The van der Waals surface area contributed by atoms with Crippen LogP contribution in [0.4, 0.5) is 0 Å². The number of hydrogen-bond acceptors (Lipinski definition) is 0. The molecule has 0 radical (unpaired) electrons. The van der Waals surface area contributed by atoms with Crippen LogP contribution in [-0.2, 0) is 6.42 Å². The van der Waals surface area contributed by atoms with Crippen LogP contribution in [0.3, 0.4) is 0 Å². The number of rotatable bonds is 6. The van der Waals surface area contributed by atoms with E-state index in [0.717, 1.165) is 23.2 Å².